The first-order valence-electron chi connectivity index (χ1n) is 8.18. The van der Waals surface area contributed by atoms with Crippen LogP contribution in [0.15, 0.2) is 54.9 Å². The molecule has 26 heavy (non-hydrogen) atoms. The highest BCUT2D eigenvalue weighted by atomic mass is 16.5. The van der Waals surface area contributed by atoms with Crippen molar-refractivity contribution >= 4 is 17.5 Å². The number of urea groups is 1. The fourth-order valence-electron chi connectivity index (χ4n) is 2.42. The Bertz CT molecular complexity index is 900. The standard InChI is InChI=1S/C19H21N5O2/c1-19(2,3)16-12-17(23-22-16)24(18(20)25)13-5-4-6-15(11-13)26-14-7-9-21-10-8-14/h4-12H,1-3H3,(H2,20,25)(H,22,23). The van der Waals surface area contributed by atoms with Crippen LogP contribution < -0.4 is 15.4 Å². The van der Waals surface area contributed by atoms with E-state index in [2.05, 4.69) is 15.2 Å². The van der Waals surface area contributed by atoms with E-state index < -0.39 is 6.03 Å². The summed E-state index contributed by atoms with van der Waals surface area (Å²) >= 11 is 0. The molecule has 2 aromatic heterocycles. The summed E-state index contributed by atoms with van der Waals surface area (Å²) in [6.45, 7) is 6.14. The molecule has 0 saturated carbocycles. The summed E-state index contributed by atoms with van der Waals surface area (Å²) in [4.78, 5) is 17.4. The molecule has 0 radical (unpaired) electrons. The molecular weight excluding hydrogens is 330 g/mol. The van der Waals surface area contributed by atoms with Gasteiger partial charge in [-0.1, -0.05) is 26.8 Å². The van der Waals surface area contributed by atoms with E-state index in [1.54, 1.807) is 48.8 Å². The van der Waals surface area contributed by atoms with Crippen LogP contribution in [0, 0.1) is 0 Å². The van der Waals surface area contributed by atoms with E-state index in [1.165, 1.54) is 4.90 Å². The molecule has 0 aliphatic heterocycles. The Balaban J connectivity index is 1.92. The van der Waals surface area contributed by atoms with Crippen molar-refractivity contribution in [3.63, 3.8) is 0 Å². The normalized spacial score (nSPS) is 11.2. The van der Waals surface area contributed by atoms with Crippen LogP contribution in [0.5, 0.6) is 11.5 Å². The van der Waals surface area contributed by atoms with Gasteiger partial charge in [0.15, 0.2) is 0 Å². The third kappa shape index (κ3) is 3.83. The number of amides is 2. The van der Waals surface area contributed by atoms with Crippen LogP contribution in [0.25, 0.3) is 0 Å². The maximum atomic E-state index is 12.1. The van der Waals surface area contributed by atoms with Gasteiger partial charge in [0.25, 0.3) is 0 Å². The number of carbonyl (C=O) groups excluding carboxylic acids is 1. The van der Waals surface area contributed by atoms with Crippen LogP contribution >= 0.6 is 0 Å². The average Bonchev–Trinajstić information content (AvgIpc) is 3.06. The van der Waals surface area contributed by atoms with Crippen LogP contribution in [0.1, 0.15) is 26.5 Å². The molecule has 2 amide bonds. The number of H-pyrrole nitrogens is 1. The number of carbonyl (C=O) groups is 1. The highest BCUT2D eigenvalue weighted by Crippen LogP contribution is 2.31. The summed E-state index contributed by atoms with van der Waals surface area (Å²) in [6, 6.07) is 11.8. The second-order valence-corrected chi connectivity index (χ2v) is 6.84. The maximum Gasteiger partial charge on any atom is 0.325 e. The SMILES string of the molecule is CC(C)(C)c1cc(N(C(N)=O)c2cccc(Oc3ccncc3)c2)[nH]n1. The van der Waals surface area contributed by atoms with Gasteiger partial charge in [-0.05, 0) is 24.3 Å². The number of nitrogens with zero attached hydrogens (tertiary/aromatic N) is 3. The van der Waals surface area contributed by atoms with Crippen LogP contribution in [0.3, 0.4) is 0 Å². The van der Waals surface area contributed by atoms with Gasteiger partial charge >= 0.3 is 6.03 Å². The monoisotopic (exact) mass is 351 g/mol. The molecule has 0 aliphatic rings. The number of pyridine rings is 1. The van der Waals surface area contributed by atoms with Crippen molar-refractivity contribution < 1.29 is 9.53 Å². The number of anilines is 2. The Morgan fingerprint density at radius 1 is 1.12 bits per heavy atom. The molecule has 0 atom stereocenters. The van der Waals surface area contributed by atoms with Crippen molar-refractivity contribution in [3.05, 3.63) is 60.6 Å². The third-order valence-corrected chi connectivity index (χ3v) is 3.76. The van der Waals surface area contributed by atoms with Crippen molar-refractivity contribution in [3.8, 4) is 11.5 Å². The summed E-state index contributed by atoms with van der Waals surface area (Å²) in [6.07, 6.45) is 3.29. The number of rotatable bonds is 4. The van der Waals surface area contributed by atoms with Crippen molar-refractivity contribution in [2.24, 2.45) is 5.73 Å². The number of ether oxygens (including phenoxy) is 1. The van der Waals surface area contributed by atoms with Crippen molar-refractivity contribution in [2.75, 3.05) is 4.90 Å². The molecule has 0 saturated heterocycles. The highest BCUT2D eigenvalue weighted by Gasteiger charge is 2.22. The Kier molecular flexibility index (Phi) is 4.62. The number of nitrogens with one attached hydrogen (secondary N) is 1. The summed E-state index contributed by atoms with van der Waals surface area (Å²) in [5, 5.41) is 7.18. The minimum Gasteiger partial charge on any atom is -0.457 e. The van der Waals surface area contributed by atoms with Gasteiger partial charge in [0, 0.05) is 29.9 Å². The lowest BCUT2D eigenvalue weighted by atomic mass is 9.92. The Morgan fingerprint density at radius 2 is 1.85 bits per heavy atom. The lowest BCUT2D eigenvalue weighted by molar-refractivity contribution is 0.256. The fraction of sp³-hybridized carbons (Fsp3) is 0.211. The predicted octanol–water partition coefficient (Wildman–Crippen LogP) is 4.11. The number of hydrogen-bond donors (Lipinski definition) is 2. The smallest absolute Gasteiger partial charge is 0.325 e. The van der Waals surface area contributed by atoms with Crippen molar-refractivity contribution in [1.29, 1.82) is 0 Å². The number of primary amides is 1. The first kappa shape index (κ1) is 17.5. The quantitative estimate of drug-likeness (QED) is 0.739. The molecule has 134 valence electrons. The predicted molar refractivity (Wildman–Crippen MR) is 99.8 cm³/mol. The Hall–Kier alpha value is -3.35. The molecular formula is C19H21N5O2. The Morgan fingerprint density at radius 3 is 2.46 bits per heavy atom. The van der Waals surface area contributed by atoms with E-state index in [-0.39, 0.29) is 5.41 Å². The van der Waals surface area contributed by atoms with Crippen LogP contribution in [0.2, 0.25) is 0 Å². The van der Waals surface area contributed by atoms with Gasteiger partial charge in [0.2, 0.25) is 0 Å². The van der Waals surface area contributed by atoms with Gasteiger partial charge < -0.3 is 10.5 Å². The van der Waals surface area contributed by atoms with Gasteiger partial charge in [0.1, 0.15) is 17.3 Å². The zero-order valence-electron chi connectivity index (χ0n) is 14.9. The third-order valence-electron chi connectivity index (χ3n) is 3.76. The first-order valence-corrected chi connectivity index (χ1v) is 8.18. The average molecular weight is 351 g/mol. The molecule has 0 fully saturated rings. The van der Waals surface area contributed by atoms with Gasteiger partial charge in [-0.15, -0.1) is 0 Å². The van der Waals surface area contributed by atoms with Crippen molar-refractivity contribution in [2.45, 2.75) is 26.2 Å². The van der Waals surface area contributed by atoms with Crippen LogP contribution in [-0.2, 0) is 5.41 Å². The number of nitrogens with two attached hydrogens (primary N) is 1. The zero-order valence-corrected chi connectivity index (χ0v) is 14.9. The maximum absolute atomic E-state index is 12.1. The summed E-state index contributed by atoms with van der Waals surface area (Å²) in [7, 11) is 0. The molecule has 7 nitrogen and oxygen atoms in total. The van der Waals surface area contributed by atoms with Gasteiger partial charge in [0.05, 0.1) is 11.4 Å². The lowest BCUT2D eigenvalue weighted by Crippen LogP contribution is -2.31. The van der Waals surface area contributed by atoms with Crippen molar-refractivity contribution in [1.82, 2.24) is 15.2 Å². The minimum atomic E-state index is -0.616. The topological polar surface area (TPSA) is 97.1 Å². The van der Waals surface area contributed by atoms with Gasteiger partial charge in [-0.25, -0.2) is 9.69 Å². The molecule has 0 bridgehead atoms. The summed E-state index contributed by atoms with van der Waals surface area (Å²) in [5.41, 5.74) is 6.88. The zero-order chi connectivity index (χ0) is 18.7. The van der Waals surface area contributed by atoms with E-state index in [0.29, 0.717) is 23.0 Å². The fourth-order valence-corrected chi connectivity index (χ4v) is 2.42. The molecule has 0 aliphatic carbocycles. The second kappa shape index (κ2) is 6.87. The molecule has 2 heterocycles. The largest absolute Gasteiger partial charge is 0.457 e. The van der Waals surface area contributed by atoms with E-state index in [9.17, 15) is 4.79 Å². The van der Waals surface area contributed by atoms with Gasteiger partial charge in [-0.3, -0.25) is 10.1 Å². The van der Waals surface area contributed by atoms with E-state index >= 15 is 0 Å². The molecule has 3 rings (SSSR count). The van der Waals surface area contributed by atoms with E-state index in [0.717, 1.165) is 5.69 Å². The first-order chi connectivity index (χ1) is 12.3. The Labute approximate surface area is 151 Å². The number of aromatic amines is 1. The van der Waals surface area contributed by atoms with E-state index in [4.69, 9.17) is 10.5 Å². The minimum absolute atomic E-state index is 0.148. The van der Waals surface area contributed by atoms with Gasteiger partial charge in [-0.2, -0.15) is 5.10 Å². The van der Waals surface area contributed by atoms with Crippen LogP contribution in [0.4, 0.5) is 16.3 Å². The summed E-state index contributed by atoms with van der Waals surface area (Å²) < 4.78 is 5.80. The molecule has 7 heteroatoms. The van der Waals surface area contributed by atoms with Crippen LogP contribution in [-0.4, -0.2) is 21.2 Å². The molecule has 0 unspecified atom stereocenters. The highest BCUT2D eigenvalue weighted by molar-refractivity contribution is 5.97. The lowest BCUT2D eigenvalue weighted by Gasteiger charge is -2.19. The summed E-state index contributed by atoms with van der Waals surface area (Å²) in [5.74, 6) is 1.73. The molecule has 0 spiro atoms. The second-order valence-electron chi connectivity index (χ2n) is 6.84. The number of benzene rings is 1. The number of hydrogen-bond acceptors (Lipinski definition) is 4. The molecule has 3 N–H and O–H groups in total. The number of aromatic nitrogens is 3. The molecule has 1 aromatic carbocycles. The van der Waals surface area contributed by atoms with E-state index in [1.807, 2.05) is 26.8 Å². The molecule has 3 aromatic rings.